The molecule has 0 radical (unpaired) electrons. The van der Waals surface area contributed by atoms with Crippen molar-refractivity contribution in [2.75, 3.05) is 0 Å². The number of amides is 2. The van der Waals surface area contributed by atoms with Gasteiger partial charge in [0.15, 0.2) is 0 Å². The zero-order valence-corrected chi connectivity index (χ0v) is 18.5. The van der Waals surface area contributed by atoms with Crippen LogP contribution in [0.3, 0.4) is 0 Å². The van der Waals surface area contributed by atoms with Crippen LogP contribution in [0, 0.1) is 5.82 Å². The summed E-state index contributed by atoms with van der Waals surface area (Å²) in [6.07, 6.45) is 6.58. The Kier molecular flexibility index (Phi) is 7.45. The Morgan fingerprint density at radius 1 is 0.939 bits per heavy atom. The fourth-order valence-electron chi connectivity index (χ4n) is 4.37. The van der Waals surface area contributed by atoms with Gasteiger partial charge in [-0.15, -0.1) is 0 Å². The minimum absolute atomic E-state index is 0.0315. The number of rotatable bonds is 7. The molecule has 1 saturated carbocycles. The minimum atomic E-state index is -1.12. The van der Waals surface area contributed by atoms with Crippen molar-refractivity contribution in [3.8, 4) is 0 Å². The van der Waals surface area contributed by atoms with E-state index in [1.165, 1.54) is 17.2 Å². The minimum Gasteiger partial charge on any atom is -0.351 e. The summed E-state index contributed by atoms with van der Waals surface area (Å²) in [5.41, 5.74) is 1.22. The largest absolute Gasteiger partial charge is 0.351 e. The number of pyridine rings is 1. The molecule has 1 N–H and O–H groups in total. The van der Waals surface area contributed by atoms with Crippen molar-refractivity contribution in [3.05, 3.63) is 102 Å². The molecule has 4 rings (SSSR count). The maximum atomic E-state index is 15.0. The van der Waals surface area contributed by atoms with Crippen LogP contribution in [0.25, 0.3) is 0 Å². The average molecular weight is 446 g/mol. The smallest absolute Gasteiger partial charge is 0.273 e. The summed E-state index contributed by atoms with van der Waals surface area (Å²) >= 11 is 0. The molecule has 33 heavy (non-hydrogen) atoms. The van der Waals surface area contributed by atoms with E-state index >= 15 is 4.39 Å². The summed E-state index contributed by atoms with van der Waals surface area (Å²) in [5.74, 6) is -1.31. The van der Waals surface area contributed by atoms with E-state index in [2.05, 4.69) is 10.3 Å². The van der Waals surface area contributed by atoms with E-state index in [1.54, 1.807) is 36.4 Å². The summed E-state index contributed by atoms with van der Waals surface area (Å²) in [7, 11) is 0. The van der Waals surface area contributed by atoms with Crippen LogP contribution in [-0.4, -0.2) is 27.7 Å². The first-order chi connectivity index (χ1) is 16.1. The third-order valence-electron chi connectivity index (χ3n) is 6.05. The first-order valence-electron chi connectivity index (χ1n) is 11.4. The lowest BCUT2D eigenvalue weighted by Crippen LogP contribution is -2.47. The van der Waals surface area contributed by atoms with E-state index in [0.717, 1.165) is 37.7 Å². The number of halogens is 1. The Labute approximate surface area is 193 Å². The van der Waals surface area contributed by atoms with Gasteiger partial charge in [0.1, 0.15) is 17.6 Å². The van der Waals surface area contributed by atoms with Crippen LogP contribution >= 0.6 is 0 Å². The monoisotopic (exact) mass is 445 g/mol. The molecule has 0 bridgehead atoms. The zero-order valence-electron chi connectivity index (χ0n) is 18.5. The van der Waals surface area contributed by atoms with Crippen molar-refractivity contribution < 1.29 is 14.0 Å². The van der Waals surface area contributed by atoms with E-state index < -0.39 is 17.8 Å². The lowest BCUT2D eigenvalue weighted by Gasteiger charge is -2.33. The fourth-order valence-corrected chi connectivity index (χ4v) is 4.37. The first kappa shape index (κ1) is 22.6. The summed E-state index contributed by atoms with van der Waals surface area (Å²) in [5, 5.41) is 3.10. The van der Waals surface area contributed by atoms with Gasteiger partial charge in [0, 0.05) is 24.3 Å². The van der Waals surface area contributed by atoms with Gasteiger partial charge in [0.2, 0.25) is 5.91 Å². The van der Waals surface area contributed by atoms with Crippen molar-refractivity contribution in [1.82, 2.24) is 15.2 Å². The second-order valence-electron chi connectivity index (χ2n) is 8.40. The van der Waals surface area contributed by atoms with Gasteiger partial charge in [-0.05, 0) is 36.6 Å². The number of carbonyl (C=O) groups is 2. The molecule has 3 aromatic rings. The summed E-state index contributed by atoms with van der Waals surface area (Å²) in [4.78, 5) is 32.9. The quantitative estimate of drug-likeness (QED) is 0.553. The van der Waals surface area contributed by atoms with Gasteiger partial charge in [0.05, 0.1) is 0 Å². The Hall–Kier alpha value is -3.54. The maximum Gasteiger partial charge on any atom is 0.273 e. The number of aromatic nitrogens is 1. The Morgan fingerprint density at radius 3 is 2.33 bits per heavy atom. The Bertz CT molecular complexity index is 1070. The number of nitrogens with one attached hydrogen (secondary N) is 1. The van der Waals surface area contributed by atoms with E-state index in [-0.39, 0.29) is 29.8 Å². The second kappa shape index (κ2) is 10.9. The zero-order chi connectivity index (χ0) is 23.0. The molecule has 170 valence electrons. The van der Waals surface area contributed by atoms with Crippen molar-refractivity contribution in [2.24, 2.45) is 0 Å². The molecule has 6 heteroatoms. The third kappa shape index (κ3) is 5.64. The van der Waals surface area contributed by atoms with Crippen molar-refractivity contribution in [1.29, 1.82) is 0 Å². The van der Waals surface area contributed by atoms with E-state index in [1.807, 2.05) is 30.3 Å². The highest BCUT2D eigenvalue weighted by Gasteiger charge is 2.35. The van der Waals surface area contributed by atoms with Crippen LogP contribution in [0.15, 0.2) is 79.0 Å². The number of nitrogens with zero attached hydrogens (tertiary/aromatic N) is 2. The van der Waals surface area contributed by atoms with Crippen LogP contribution in [-0.2, 0) is 11.3 Å². The molecule has 2 aromatic carbocycles. The molecular formula is C27H28FN3O2. The number of benzene rings is 2. The molecule has 1 heterocycles. The lowest BCUT2D eigenvalue weighted by atomic mass is 9.94. The third-order valence-corrected chi connectivity index (χ3v) is 6.05. The van der Waals surface area contributed by atoms with E-state index in [0.29, 0.717) is 0 Å². The highest BCUT2D eigenvalue weighted by Crippen LogP contribution is 2.28. The van der Waals surface area contributed by atoms with Gasteiger partial charge in [-0.2, -0.15) is 0 Å². The van der Waals surface area contributed by atoms with Crippen LogP contribution < -0.4 is 5.32 Å². The second-order valence-corrected chi connectivity index (χ2v) is 8.40. The molecule has 1 fully saturated rings. The molecule has 1 atom stereocenters. The van der Waals surface area contributed by atoms with Crippen molar-refractivity contribution in [2.45, 2.75) is 50.7 Å². The van der Waals surface area contributed by atoms with E-state index in [9.17, 15) is 9.59 Å². The molecule has 0 aliphatic heterocycles. The molecule has 5 nitrogen and oxygen atoms in total. The fraction of sp³-hybridized carbons (Fsp3) is 0.296. The van der Waals surface area contributed by atoms with Gasteiger partial charge in [0.25, 0.3) is 5.91 Å². The number of hydrogen-bond donors (Lipinski definition) is 1. The highest BCUT2D eigenvalue weighted by atomic mass is 19.1. The molecule has 1 aliphatic carbocycles. The number of carbonyl (C=O) groups excluding carboxylic acids is 2. The lowest BCUT2D eigenvalue weighted by molar-refractivity contribution is -0.127. The van der Waals surface area contributed by atoms with Crippen LogP contribution in [0.4, 0.5) is 4.39 Å². The van der Waals surface area contributed by atoms with Gasteiger partial charge >= 0.3 is 0 Å². The van der Waals surface area contributed by atoms with Gasteiger partial charge in [-0.25, -0.2) is 4.39 Å². The standard InChI is InChI=1S/C27H28FN3O2/c28-23-16-8-7-15-22(23)25(26(32)30-21-13-5-2-6-14-21)31(19-20-11-3-1-4-12-20)27(33)24-17-9-10-18-29-24/h1,3-4,7-12,15-18,21,25H,2,5-6,13-14,19H2,(H,30,32)/t25-/m1/s1. The SMILES string of the molecule is O=C(NC1CCCCC1)[C@@H](c1ccccc1F)N(Cc1ccccc1)C(=O)c1ccccn1. The molecule has 2 amide bonds. The molecule has 1 aliphatic rings. The topological polar surface area (TPSA) is 62.3 Å². The normalized spacial score (nSPS) is 14.9. The predicted octanol–water partition coefficient (Wildman–Crippen LogP) is 5.05. The molecule has 0 spiro atoms. The van der Waals surface area contributed by atoms with Crippen LogP contribution in [0.5, 0.6) is 0 Å². The highest BCUT2D eigenvalue weighted by molar-refractivity contribution is 5.96. The average Bonchev–Trinajstić information content (AvgIpc) is 2.86. The molecule has 1 aromatic heterocycles. The van der Waals surface area contributed by atoms with Crippen molar-refractivity contribution >= 4 is 11.8 Å². The summed E-state index contributed by atoms with van der Waals surface area (Å²) in [6, 6.07) is 19.5. The molecule has 0 unspecified atom stereocenters. The van der Waals surface area contributed by atoms with Gasteiger partial charge < -0.3 is 10.2 Å². The van der Waals surface area contributed by atoms with Crippen molar-refractivity contribution in [3.63, 3.8) is 0 Å². The Balaban J connectivity index is 1.75. The van der Waals surface area contributed by atoms with Gasteiger partial charge in [-0.1, -0.05) is 73.9 Å². The maximum absolute atomic E-state index is 15.0. The molecular weight excluding hydrogens is 417 g/mol. The van der Waals surface area contributed by atoms with Gasteiger partial charge in [-0.3, -0.25) is 14.6 Å². The van der Waals surface area contributed by atoms with Crippen LogP contribution in [0.1, 0.15) is 59.8 Å². The van der Waals surface area contributed by atoms with Crippen LogP contribution in [0.2, 0.25) is 0 Å². The summed E-state index contributed by atoms with van der Waals surface area (Å²) < 4.78 is 15.0. The Morgan fingerprint density at radius 2 is 1.64 bits per heavy atom. The van der Waals surface area contributed by atoms with E-state index in [4.69, 9.17) is 0 Å². The molecule has 0 saturated heterocycles. The first-order valence-corrected chi connectivity index (χ1v) is 11.4. The number of hydrogen-bond acceptors (Lipinski definition) is 3. The summed E-state index contributed by atoms with van der Waals surface area (Å²) in [6.45, 7) is 0.146. The predicted molar refractivity (Wildman–Crippen MR) is 125 cm³/mol.